The third kappa shape index (κ3) is 4.71. The second-order valence-corrected chi connectivity index (χ2v) is 9.22. The first-order valence-electron chi connectivity index (χ1n) is 12.1. The van der Waals surface area contributed by atoms with Gasteiger partial charge < -0.3 is 14.1 Å². The number of fused-ring (bicyclic) bond motifs is 1. The van der Waals surface area contributed by atoms with Gasteiger partial charge in [0, 0.05) is 41.2 Å². The highest BCUT2D eigenvalue weighted by molar-refractivity contribution is 6.02. The van der Waals surface area contributed by atoms with Crippen molar-refractivity contribution in [2.24, 2.45) is 0 Å². The molecule has 3 aromatic rings. The first kappa shape index (κ1) is 23.2. The summed E-state index contributed by atoms with van der Waals surface area (Å²) < 4.78 is 12.1. The zero-order valence-electron chi connectivity index (χ0n) is 20.6. The van der Waals surface area contributed by atoms with E-state index >= 15 is 0 Å². The molecule has 1 amide bonds. The van der Waals surface area contributed by atoms with Crippen molar-refractivity contribution in [2.45, 2.75) is 60.3 Å². The molecule has 4 nitrogen and oxygen atoms in total. The van der Waals surface area contributed by atoms with E-state index in [0.717, 1.165) is 70.5 Å². The summed E-state index contributed by atoms with van der Waals surface area (Å²) in [6, 6.07) is 8.62. The molecule has 0 saturated carbocycles. The second-order valence-electron chi connectivity index (χ2n) is 9.22. The summed E-state index contributed by atoms with van der Waals surface area (Å²) in [7, 11) is 0. The average Bonchev–Trinajstić information content (AvgIpc) is 3.01. The van der Waals surface area contributed by atoms with Crippen LogP contribution in [0.2, 0.25) is 0 Å². The van der Waals surface area contributed by atoms with Gasteiger partial charge in [0.05, 0.1) is 12.9 Å². The highest BCUT2D eigenvalue weighted by Gasteiger charge is 2.21. The maximum atomic E-state index is 13.1. The summed E-state index contributed by atoms with van der Waals surface area (Å²) in [5, 5.41) is 1.05. The van der Waals surface area contributed by atoms with E-state index in [1.54, 1.807) is 6.08 Å². The molecule has 33 heavy (non-hydrogen) atoms. The van der Waals surface area contributed by atoms with E-state index in [1.807, 2.05) is 31.9 Å². The van der Waals surface area contributed by atoms with Crippen molar-refractivity contribution >= 4 is 22.4 Å². The number of rotatable bonds is 5. The highest BCUT2D eigenvalue weighted by Crippen LogP contribution is 2.41. The zero-order chi connectivity index (χ0) is 23.5. The number of furan rings is 1. The van der Waals surface area contributed by atoms with Crippen molar-refractivity contribution in [1.29, 1.82) is 0 Å². The predicted molar refractivity (Wildman–Crippen MR) is 136 cm³/mol. The van der Waals surface area contributed by atoms with Crippen molar-refractivity contribution < 1.29 is 13.9 Å². The maximum Gasteiger partial charge on any atom is 0.246 e. The van der Waals surface area contributed by atoms with E-state index in [1.165, 1.54) is 24.0 Å². The predicted octanol–water partition coefficient (Wildman–Crippen LogP) is 7.23. The largest absolute Gasteiger partial charge is 0.493 e. The number of amides is 1. The lowest BCUT2D eigenvalue weighted by atomic mass is 9.94. The number of hydrogen-bond donors (Lipinski definition) is 0. The Morgan fingerprint density at radius 3 is 2.45 bits per heavy atom. The quantitative estimate of drug-likeness (QED) is 0.389. The topological polar surface area (TPSA) is 42.7 Å². The minimum atomic E-state index is 0.0939. The molecule has 1 aliphatic rings. The third-order valence-electron chi connectivity index (χ3n) is 6.69. The van der Waals surface area contributed by atoms with Crippen molar-refractivity contribution in [3.8, 4) is 16.9 Å². The van der Waals surface area contributed by atoms with Gasteiger partial charge in [0.25, 0.3) is 0 Å². The Morgan fingerprint density at radius 1 is 1.06 bits per heavy atom. The number of likely N-dealkylation sites (tertiary alicyclic amines) is 1. The van der Waals surface area contributed by atoms with E-state index in [4.69, 9.17) is 9.15 Å². The van der Waals surface area contributed by atoms with Crippen molar-refractivity contribution in [1.82, 2.24) is 4.90 Å². The van der Waals surface area contributed by atoms with Gasteiger partial charge in [-0.3, -0.25) is 4.79 Å². The van der Waals surface area contributed by atoms with Crippen LogP contribution in [0.4, 0.5) is 0 Å². The fourth-order valence-corrected chi connectivity index (χ4v) is 4.91. The SMILES string of the molecule is CCOc1c(/C(C)=C/C(=O)N2CCCCCC2)cc2c(-c3ccc(C)cc3C)coc2c1C. The van der Waals surface area contributed by atoms with Crippen LogP contribution >= 0.6 is 0 Å². The maximum absolute atomic E-state index is 13.1. The van der Waals surface area contributed by atoms with Gasteiger partial charge in [-0.1, -0.05) is 36.6 Å². The van der Waals surface area contributed by atoms with Gasteiger partial charge in [0.15, 0.2) is 0 Å². The smallest absolute Gasteiger partial charge is 0.246 e. The van der Waals surface area contributed by atoms with Crippen LogP contribution in [-0.2, 0) is 4.79 Å². The third-order valence-corrected chi connectivity index (χ3v) is 6.69. The number of benzene rings is 2. The molecule has 1 saturated heterocycles. The number of ether oxygens (including phenoxy) is 1. The summed E-state index contributed by atoms with van der Waals surface area (Å²) in [5.41, 5.74) is 8.37. The van der Waals surface area contributed by atoms with E-state index in [-0.39, 0.29) is 5.91 Å². The molecule has 0 N–H and O–H groups in total. The Kier molecular flexibility index (Phi) is 6.92. The van der Waals surface area contributed by atoms with Crippen LogP contribution in [-0.4, -0.2) is 30.5 Å². The minimum absolute atomic E-state index is 0.0939. The lowest BCUT2D eigenvalue weighted by Gasteiger charge is -2.19. The zero-order valence-corrected chi connectivity index (χ0v) is 20.6. The summed E-state index contributed by atoms with van der Waals surface area (Å²) in [6.45, 7) is 12.5. The van der Waals surface area contributed by atoms with E-state index in [9.17, 15) is 4.79 Å². The molecule has 4 rings (SSSR count). The lowest BCUT2D eigenvalue weighted by molar-refractivity contribution is -0.125. The molecular formula is C29H35NO3. The fraction of sp³-hybridized carbons (Fsp3) is 0.414. The van der Waals surface area contributed by atoms with Crippen LogP contribution in [0.3, 0.4) is 0 Å². The summed E-state index contributed by atoms with van der Waals surface area (Å²) in [4.78, 5) is 15.0. The molecule has 2 heterocycles. The number of hydrogen-bond acceptors (Lipinski definition) is 3. The fourth-order valence-electron chi connectivity index (χ4n) is 4.91. The van der Waals surface area contributed by atoms with Gasteiger partial charge in [-0.15, -0.1) is 0 Å². The summed E-state index contributed by atoms with van der Waals surface area (Å²) in [6.07, 6.45) is 8.21. The normalized spacial score (nSPS) is 15.1. The lowest BCUT2D eigenvalue weighted by Crippen LogP contribution is -2.30. The molecule has 0 atom stereocenters. The van der Waals surface area contributed by atoms with Gasteiger partial charge in [-0.25, -0.2) is 0 Å². The van der Waals surface area contributed by atoms with Crippen LogP contribution in [0.5, 0.6) is 5.75 Å². The Hall–Kier alpha value is -3.01. The number of carbonyl (C=O) groups is 1. The Bertz CT molecular complexity index is 1190. The monoisotopic (exact) mass is 445 g/mol. The molecule has 2 aromatic carbocycles. The van der Waals surface area contributed by atoms with Crippen LogP contribution < -0.4 is 4.74 Å². The Labute approximate surface area is 197 Å². The highest BCUT2D eigenvalue weighted by atomic mass is 16.5. The molecule has 0 bridgehead atoms. The van der Waals surface area contributed by atoms with E-state index < -0.39 is 0 Å². The summed E-state index contributed by atoms with van der Waals surface area (Å²) >= 11 is 0. The minimum Gasteiger partial charge on any atom is -0.493 e. The second kappa shape index (κ2) is 9.86. The van der Waals surface area contributed by atoms with Gasteiger partial charge >= 0.3 is 0 Å². The molecule has 1 fully saturated rings. The molecule has 0 unspecified atom stereocenters. The average molecular weight is 446 g/mol. The number of carbonyl (C=O) groups excluding carboxylic acids is 1. The number of aryl methyl sites for hydroxylation is 3. The first-order valence-corrected chi connectivity index (χ1v) is 12.1. The van der Waals surface area contributed by atoms with Crippen LogP contribution in [0, 0.1) is 20.8 Å². The molecule has 0 aliphatic carbocycles. The molecule has 174 valence electrons. The van der Waals surface area contributed by atoms with Gasteiger partial charge in [0.2, 0.25) is 5.91 Å². The standard InChI is InChI=1S/C29H35NO3/c1-6-32-28-22(5)29-25(26(18-33-29)23-12-11-19(2)15-20(23)3)17-24(28)21(4)16-27(31)30-13-9-7-8-10-14-30/h11-12,15-18H,6-10,13-14H2,1-5H3/b21-16+. The van der Waals surface area contributed by atoms with Crippen LogP contribution in [0.25, 0.3) is 27.7 Å². The van der Waals surface area contributed by atoms with Gasteiger partial charge in [-0.05, 0) is 70.2 Å². The van der Waals surface area contributed by atoms with Crippen molar-refractivity contribution in [2.75, 3.05) is 19.7 Å². The molecule has 4 heteroatoms. The number of nitrogens with zero attached hydrogens (tertiary/aromatic N) is 1. The molecular weight excluding hydrogens is 410 g/mol. The Balaban J connectivity index is 1.82. The van der Waals surface area contributed by atoms with E-state index in [0.29, 0.717) is 6.61 Å². The van der Waals surface area contributed by atoms with Crippen LogP contribution in [0.1, 0.15) is 61.8 Å². The summed E-state index contributed by atoms with van der Waals surface area (Å²) in [5.74, 6) is 0.889. The molecule has 1 aliphatic heterocycles. The molecule has 1 aromatic heterocycles. The molecule has 0 spiro atoms. The van der Waals surface area contributed by atoms with Crippen molar-refractivity contribution in [3.05, 3.63) is 58.9 Å². The van der Waals surface area contributed by atoms with Gasteiger partial charge in [0.1, 0.15) is 11.3 Å². The number of allylic oxidation sites excluding steroid dienone is 1. The van der Waals surface area contributed by atoms with Crippen molar-refractivity contribution in [3.63, 3.8) is 0 Å². The van der Waals surface area contributed by atoms with E-state index in [2.05, 4.69) is 38.1 Å². The van der Waals surface area contributed by atoms with Crippen LogP contribution in [0.15, 0.2) is 41.0 Å². The van der Waals surface area contributed by atoms with Gasteiger partial charge in [-0.2, -0.15) is 0 Å². The Morgan fingerprint density at radius 2 is 1.79 bits per heavy atom. The first-order chi connectivity index (χ1) is 15.9. The molecule has 0 radical (unpaired) electrons.